The first kappa shape index (κ1) is 16.8. The fourth-order valence-electron chi connectivity index (χ4n) is 3.75. The Labute approximate surface area is 154 Å². The van der Waals surface area contributed by atoms with Crippen LogP contribution in [-0.4, -0.2) is 23.3 Å². The van der Waals surface area contributed by atoms with Crippen molar-refractivity contribution in [2.24, 2.45) is 11.8 Å². The molecule has 0 aromatic heterocycles. The van der Waals surface area contributed by atoms with E-state index < -0.39 is 0 Å². The summed E-state index contributed by atoms with van der Waals surface area (Å²) in [6.45, 7) is 3.72. The predicted molar refractivity (Wildman–Crippen MR) is 101 cm³/mol. The van der Waals surface area contributed by atoms with E-state index in [2.05, 4.69) is 36.5 Å². The van der Waals surface area contributed by atoms with Crippen LogP contribution in [0.1, 0.15) is 30.9 Å². The summed E-state index contributed by atoms with van der Waals surface area (Å²) in [7, 11) is 0. The molecule has 2 aromatic carbocycles. The first-order valence-electron chi connectivity index (χ1n) is 9.35. The summed E-state index contributed by atoms with van der Waals surface area (Å²) in [5.74, 6) is 0.823. The van der Waals surface area contributed by atoms with Crippen LogP contribution in [0.2, 0.25) is 0 Å². The van der Waals surface area contributed by atoms with Crippen LogP contribution >= 0.6 is 0 Å². The Kier molecular flexibility index (Phi) is 4.49. The molecule has 4 nitrogen and oxygen atoms in total. The molecule has 0 unspecified atom stereocenters. The van der Waals surface area contributed by atoms with Crippen molar-refractivity contribution in [1.29, 1.82) is 0 Å². The highest BCUT2D eigenvalue weighted by molar-refractivity contribution is 5.83. The molecule has 0 radical (unpaired) electrons. The molecule has 1 fully saturated rings. The summed E-state index contributed by atoms with van der Waals surface area (Å²) in [4.78, 5) is 26.6. The molecule has 1 N–H and O–H groups in total. The molecule has 2 amide bonds. The van der Waals surface area contributed by atoms with Gasteiger partial charge in [0.15, 0.2) is 0 Å². The lowest BCUT2D eigenvalue weighted by molar-refractivity contribution is -0.132. The zero-order chi connectivity index (χ0) is 18.1. The largest absolute Gasteiger partial charge is 0.355 e. The molecule has 134 valence electrons. The van der Waals surface area contributed by atoms with Gasteiger partial charge in [0.05, 0.1) is 0 Å². The topological polar surface area (TPSA) is 49.4 Å². The van der Waals surface area contributed by atoms with E-state index in [9.17, 15) is 9.59 Å². The maximum Gasteiger partial charge on any atom is 0.224 e. The van der Waals surface area contributed by atoms with Crippen molar-refractivity contribution in [3.05, 3.63) is 59.7 Å². The van der Waals surface area contributed by atoms with Crippen LogP contribution in [0, 0.1) is 11.8 Å². The Morgan fingerprint density at radius 3 is 2.08 bits per heavy atom. The quantitative estimate of drug-likeness (QED) is 0.921. The maximum absolute atomic E-state index is 12.8. The standard InChI is InChI=1S/C22H24N2O2/c1-15-12-20(15)22(26)23-11-10-21(25)24-13-16-6-2-4-8-18(16)19-9-5-3-7-17(19)14-24/h2-9,15,20H,10-14H2,1H3,(H,23,26)/t15-,20-/m0/s1. The van der Waals surface area contributed by atoms with Gasteiger partial charge in [-0.05, 0) is 34.6 Å². The number of nitrogens with zero attached hydrogens (tertiary/aromatic N) is 1. The van der Waals surface area contributed by atoms with E-state index >= 15 is 0 Å². The number of benzene rings is 2. The van der Waals surface area contributed by atoms with Crippen LogP contribution < -0.4 is 5.32 Å². The van der Waals surface area contributed by atoms with Crippen LogP contribution in [0.25, 0.3) is 11.1 Å². The molecule has 1 heterocycles. The molecule has 1 aliphatic carbocycles. The van der Waals surface area contributed by atoms with E-state index in [1.165, 1.54) is 22.3 Å². The van der Waals surface area contributed by atoms with E-state index in [1.54, 1.807) is 0 Å². The Morgan fingerprint density at radius 1 is 1.00 bits per heavy atom. The van der Waals surface area contributed by atoms with Gasteiger partial charge in [-0.25, -0.2) is 0 Å². The Balaban J connectivity index is 1.46. The predicted octanol–water partition coefficient (Wildman–Crippen LogP) is 3.36. The zero-order valence-corrected chi connectivity index (χ0v) is 15.1. The lowest BCUT2D eigenvalue weighted by atomic mass is 9.97. The van der Waals surface area contributed by atoms with Crippen LogP contribution in [0.4, 0.5) is 0 Å². The van der Waals surface area contributed by atoms with Crippen molar-refractivity contribution >= 4 is 11.8 Å². The number of carbonyl (C=O) groups excluding carboxylic acids is 2. The number of amides is 2. The van der Waals surface area contributed by atoms with Crippen molar-refractivity contribution < 1.29 is 9.59 Å². The molecule has 4 rings (SSSR count). The third-order valence-corrected chi connectivity index (χ3v) is 5.48. The van der Waals surface area contributed by atoms with Crippen molar-refractivity contribution in [2.75, 3.05) is 6.54 Å². The van der Waals surface area contributed by atoms with Crippen LogP contribution in [-0.2, 0) is 22.7 Å². The second-order valence-electron chi connectivity index (χ2n) is 7.42. The van der Waals surface area contributed by atoms with E-state index in [0.29, 0.717) is 32.0 Å². The lowest BCUT2D eigenvalue weighted by Gasteiger charge is -2.21. The fourth-order valence-corrected chi connectivity index (χ4v) is 3.75. The number of fused-ring (bicyclic) bond motifs is 3. The van der Waals surface area contributed by atoms with Crippen LogP contribution in [0.5, 0.6) is 0 Å². The number of rotatable bonds is 4. The number of hydrogen-bond donors (Lipinski definition) is 1. The molecule has 2 atom stereocenters. The third kappa shape index (κ3) is 3.36. The average Bonchev–Trinajstić information content (AvgIpc) is 3.41. The second kappa shape index (κ2) is 6.94. The molecule has 0 spiro atoms. The average molecular weight is 348 g/mol. The number of carbonyl (C=O) groups is 2. The summed E-state index contributed by atoms with van der Waals surface area (Å²) in [6.07, 6.45) is 1.32. The molecular weight excluding hydrogens is 324 g/mol. The van der Waals surface area contributed by atoms with Gasteiger partial charge in [-0.15, -0.1) is 0 Å². The Bertz CT molecular complexity index is 798. The first-order valence-corrected chi connectivity index (χ1v) is 9.35. The molecule has 2 aromatic rings. The van der Waals surface area contributed by atoms with Crippen molar-refractivity contribution in [2.45, 2.75) is 32.9 Å². The van der Waals surface area contributed by atoms with E-state index in [0.717, 1.165) is 6.42 Å². The van der Waals surface area contributed by atoms with Gasteiger partial charge < -0.3 is 10.2 Å². The van der Waals surface area contributed by atoms with Crippen molar-refractivity contribution in [3.63, 3.8) is 0 Å². The minimum Gasteiger partial charge on any atom is -0.355 e. The van der Waals surface area contributed by atoms with Crippen LogP contribution in [0.3, 0.4) is 0 Å². The van der Waals surface area contributed by atoms with Crippen molar-refractivity contribution in [1.82, 2.24) is 10.2 Å². The van der Waals surface area contributed by atoms with E-state index in [4.69, 9.17) is 0 Å². The summed E-state index contributed by atoms with van der Waals surface area (Å²) in [6, 6.07) is 16.6. The van der Waals surface area contributed by atoms with Gasteiger partial charge in [-0.3, -0.25) is 9.59 Å². The molecule has 1 aliphatic heterocycles. The highest BCUT2D eigenvalue weighted by atomic mass is 16.2. The zero-order valence-electron chi connectivity index (χ0n) is 15.1. The number of nitrogens with one attached hydrogen (secondary N) is 1. The van der Waals surface area contributed by atoms with Gasteiger partial charge in [0.25, 0.3) is 0 Å². The van der Waals surface area contributed by atoms with Gasteiger partial charge in [0, 0.05) is 32.0 Å². The molecule has 4 heteroatoms. The SMILES string of the molecule is C[C@H]1C[C@@H]1C(=O)NCCC(=O)N1Cc2ccccc2-c2ccccc2C1. The Hall–Kier alpha value is -2.62. The molecule has 0 bridgehead atoms. The molecule has 1 saturated carbocycles. The molecule has 26 heavy (non-hydrogen) atoms. The molecular formula is C22H24N2O2. The van der Waals surface area contributed by atoms with Crippen molar-refractivity contribution in [3.8, 4) is 11.1 Å². The smallest absolute Gasteiger partial charge is 0.224 e. The van der Waals surface area contributed by atoms with Gasteiger partial charge in [-0.2, -0.15) is 0 Å². The normalized spacial score (nSPS) is 20.6. The van der Waals surface area contributed by atoms with Gasteiger partial charge >= 0.3 is 0 Å². The number of hydrogen-bond acceptors (Lipinski definition) is 2. The third-order valence-electron chi connectivity index (χ3n) is 5.48. The van der Waals surface area contributed by atoms with Gasteiger partial charge in [-0.1, -0.05) is 55.5 Å². The summed E-state index contributed by atoms with van der Waals surface area (Å²) < 4.78 is 0. The molecule has 0 saturated heterocycles. The maximum atomic E-state index is 12.8. The highest BCUT2D eigenvalue weighted by Gasteiger charge is 2.38. The Morgan fingerprint density at radius 2 is 1.54 bits per heavy atom. The summed E-state index contributed by atoms with van der Waals surface area (Å²) >= 11 is 0. The van der Waals surface area contributed by atoms with Gasteiger partial charge in [0.2, 0.25) is 11.8 Å². The first-order chi connectivity index (χ1) is 12.6. The minimum absolute atomic E-state index is 0.0839. The minimum atomic E-state index is 0.0839. The van der Waals surface area contributed by atoms with Gasteiger partial charge in [0.1, 0.15) is 0 Å². The molecule has 2 aliphatic rings. The lowest BCUT2D eigenvalue weighted by Crippen LogP contribution is -2.34. The monoisotopic (exact) mass is 348 g/mol. The second-order valence-corrected chi connectivity index (χ2v) is 7.42. The summed E-state index contributed by atoms with van der Waals surface area (Å²) in [5.41, 5.74) is 4.74. The summed E-state index contributed by atoms with van der Waals surface area (Å²) in [5, 5.41) is 2.91. The van der Waals surface area contributed by atoms with Crippen LogP contribution in [0.15, 0.2) is 48.5 Å². The fraction of sp³-hybridized carbons (Fsp3) is 0.364. The van der Waals surface area contributed by atoms with E-state index in [-0.39, 0.29) is 17.7 Å². The van der Waals surface area contributed by atoms with E-state index in [1.807, 2.05) is 29.2 Å². The highest BCUT2D eigenvalue weighted by Crippen LogP contribution is 2.37.